The van der Waals surface area contributed by atoms with Crippen LogP contribution < -0.4 is 5.32 Å². The summed E-state index contributed by atoms with van der Waals surface area (Å²) >= 11 is 3.55. The third-order valence-corrected chi connectivity index (χ3v) is 2.81. The van der Waals surface area contributed by atoms with Gasteiger partial charge in [0.25, 0.3) is 0 Å². The van der Waals surface area contributed by atoms with Gasteiger partial charge in [-0.05, 0) is 40.9 Å². The van der Waals surface area contributed by atoms with Crippen molar-refractivity contribution in [3.63, 3.8) is 0 Å². The van der Waals surface area contributed by atoms with Crippen molar-refractivity contribution in [3.8, 4) is 0 Å². The molecule has 0 saturated heterocycles. The second kappa shape index (κ2) is 4.51. The molecule has 0 aliphatic rings. The van der Waals surface area contributed by atoms with Crippen LogP contribution in [0.5, 0.6) is 0 Å². The minimum atomic E-state index is 1.03. The Balaban J connectivity index is 2.78. The van der Waals surface area contributed by atoms with Gasteiger partial charge in [-0.15, -0.1) is 0 Å². The molecule has 1 N–H and O–H groups in total. The van der Waals surface area contributed by atoms with Gasteiger partial charge in [0.1, 0.15) is 0 Å². The predicted molar refractivity (Wildman–Crippen MR) is 57.7 cm³/mol. The number of halogens is 1. The van der Waals surface area contributed by atoms with Crippen molar-refractivity contribution >= 4 is 21.6 Å². The number of benzene rings is 1. The Morgan fingerprint density at radius 3 is 2.83 bits per heavy atom. The Labute approximate surface area is 82.3 Å². The van der Waals surface area contributed by atoms with E-state index in [1.165, 1.54) is 15.7 Å². The Hall–Kier alpha value is -0.500. The average molecular weight is 228 g/mol. The highest BCUT2D eigenvalue weighted by Crippen LogP contribution is 2.25. The van der Waals surface area contributed by atoms with Gasteiger partial charge >= 0.3 is 0 Å². The topological polar surface area (TPSA) is 12.0 Å². The summed E-state index contributed by atoms with van der Waals surface area (Å²) in [6, 6.07) is 6.26. The van der Waals surface area contributed by atoms with Gasteiger partial charge in [-0.25, -0.2) is 0 Å². The number of anilines is 1. The summed E-state index contributed by atoms with van der Waals surface area (Å²) in [4.78, 5) is 0. The zero-order chi connectivity index (χ0) is 8.97. The quantitative estimate of drug-likeness (QED) is 0.833. The molecule has 66 valence electrons. The molecular formula is C10H14BrN. The van der Waals surface area contributed by atoms with E-state index in [1.54, 1.807) is 0 Å². The zero-order valence-corrected chi connectivity index (χ0v) is 9.11. The van der Waals surface area contributed by atoms with Gasteiger partial charge in [0.05, 0.1) is 0 Å². The monoisotopic (exact) mass is 227 g/mol. The van der Waals surface area contributed by atoms with Crippen molar-refractivity contribution in [2.75, 3.05) is 11.9 Å². The molecule has 2 heteroatoms. The van der Waals surface area contributed by atoms with Crippen molar-refractivity contribution in [1.82, 2.24) is 0 Å². The summed E-state index contributed by atoms with van der Waals surface area (Å²) in [5.41, 5.74) is 2.47. The van der Waals surface area contributed by atoms with Crippen LogP contribution in [0.1, 0.15) is 18.9 Å². The van der Waals surface area contributed by atoms with E-state index in [-0.39, 0.29) is 0 Å². The van der Waals surface area contributed by atoms with Crippen molar-refractivity contribution in [1.29, 1.82) is 0 Å². The third kappa shape index (κ3) is 2.24. The van der Waals surface area contributed by atoms with Crippen LogP contribution in [0.3, 0.4) is 0 Å². The molecule has 1 aromatic carbocycles. The molecule has 0 radical (unpaired) electrons. The lowest BCUT2D eigenvalue weighted by Crippen LogP contribution is -2.00. The first kappa shape index (κ1) is 9.59. The van der Waals surface area contributed by atoms with E-state index in [4.69, 9.17) is 0 Å². The van der Waals surface area contributed by atoms with E-state index in [2.05, 4.69) is 53.3 Å². The molecule has 0 atom stereocenters. The number of hydrogen-bond donors (Lipinski definition) is 1. The molecule has 0 unspecified atom stereocenters. The highest BCUT2D eigenvalue weighted by molar-refractivity contribution is 9.10. The van der Waals surface area contributed by atoms with Crippen LogP contribution in [-0.2, 0) is 0 Å². The van der Waals surface area contributed by atoms with Crippen molar-refractivity contribution in [2.24, 2.45) is 0 Å². The van der Waals surface area contributed by atoms with Crippen LogP contribution in [0.15, 0.2) is 22.7 Å². The molecule has 0 saturated carbocycles. The Bertz CT molecular complexity index is 258. The van der Waals surface area contributed by atoms with Crippen molar-refractivity contribution in [2.45, 2.75) is 20.3 Å². The fourth-order valence-electron chi connectivity index (χ4n) is 1.04. The molecular weight excluding hydrogens is 214 g/mol. The summed E-state index contributed by atoms with van der Waals surface area (Å²) in [5, 5.41) is 3.36. The minimum Gasteiger partial charge on any atom is -0.384 e. The van der Waals surface area contributed by atoms with E-state index in [0.717, 1.165) is 13.0 Å². The fourth-order valence-corrected chi connectivity index (χ4v) is 1.45. The summed E-state index contributed by atoms with van der Waals surface area (Å²) in [5.74, 6) is 0. The second-order valence-corrected chi connectivity index (χ2v) is 3.66. The van der Waals surface area contributed by atoms with Crippen LogP contribution >= 0.6 is 15.9 Å². The van der Waals surface area contributed by atoms with Crippen LogP contribution in [0.4, 0.5) is 5.69 Å². The molecule has 12 heavy (non-hydrogen) atoms. The molecule has 1 rings (SSSR count). The van der Waals surface area contributed by atoms with Crippen molar-refractivity contribution < 1.29 is 0 Å². The number of aryl methyl sites for hydroxylation is 1. The van der Waals surface area contributed by atoms with Crippen LogP contribution in [-0.4, -0.2) is 6.54 Å². The van der Waals surface area contributed by atoms with Crippen LogP contribution in [0.2, 0.25) is 0 Å². The number of nitrogens with one attached hydrogen (secondary N) is 1. The van der Waals surface area contributed by atoms with Crippen molar-refractivity contribution in [3.05, 3.63) is 28.2 Å². The summed E-state index contributed by atoms with van der Waals surface area (Å²) in [7, 11) is 0. The van der Waals surface area contributed by atoms with E-state index in [0.29, 0.717) is 0 Å². The third-order valence-electron chi connectivity index (χ3n) is 1.76. The molecule has 0 heterocycles. The van der Waals surface area contributed by atoms with Gasteiger partial charge in [0.2, 0.25) is 0 Å². The first-order chi connectivity index (χ1) is 5.75. The lowest BCUT2D eigenvalue weighted by molar-refractivity contribution is 0.978. The fraction of sp³-hybridized carbons (Fsp3) is 0.400. The molecule has 0 aliphatic carbocycles. The molecule has 0 fully saturated rings. The molecule has 0 spiro atoms. The van der Waals surface area contributed by atoms with Gasteiger partial charge in [-0.3, -0.25) is 0 Å². The standard InChI is InChI=1S/C10H14BrN/c1-3-7-12-9-6-4-5-8(2)10(9)11/h4-6,12H,3,7H2,1-2H3. The maximum atomic E-state index is 3.55. The molecule has 0 aromatic heterocycles. The Kier molecular flexibility index (Phi) is 3.60. The van der Waals surface area contributed by atoms with Gasteiger partial charge < -0.3 is 5.32 Å². The maximum absolute atomic E-state index is 3.55. The number of hydrogen-bond acceptors (Lipinski definition) is 1. The predicted octanol–water partition coefficient (Wildman–Crippen LogP) is 3.58. The maximum Gasteiger partial charge on any atom is 0.0487 e. The first-order valence-corrected chi connectivity index (χ1v) is 5.04. The van der Waals surface area contributed by atoms with Crippen LogP contribution in [0.25, 0.3) is 0 Å². The second-order valence-electron chi connectivity index (χ2n) is 2.86. The Morgan fingerprint density at radius 1 is 1.42 bits per heavy atom. The average Bonchev–Trinajstić information content (AvgIpc) is 2.08. The zero-order valence-electron chi connectivity index (χ0n) is 7.52. The van der Waals surface area contributed by atoms with Gasteiger partial charge in [0.15, 0.2) is 0 Å². The lowest BCUT2D eigenvalue weighted by Gasteiger charge is -2.08. The van der Waals surface area contributed by atoms with E-state index >= 15 is 0 Å². The summed E-state index contributed by atoms with van der Waals surface area (Å²) < 4.78 is 1.18. The number of rotatable bonds is 3. The van der Waals surface area contributed by atoms with Gasteiger partial charge in [0, 0.05) is 16.7 Å². The molecule has 1 nitrogen and oxygen atoms in total. The van der Waals surface area contributed by atoms with Crippen LogP contribution in [0, 0.1) is 6.92 Å². The molecule has 1 aromatic rings. The SMILES string of the molecule is CCCNc1cccc(C)c1Br. The highest BCUT2D eigenvalue weighted by atomic mass is 79.9. The largest absolute Gasteiger partial charge is 0.384 e. The normalized spacial score (nSPS) is 9.92. The van der Waals surface area contributed by atoms with E-state index in [9.17, 15) is 0 Å². The van der Waals surface area contributed by atoms with Gasteiger partial charge in [-0.1, -0.05) is 19.1 Å². The van der Waals surface area contributed by atoms with E-state index in [1.807, 2.05) is 0 Å². The van der Waals surface area contributed by atoms with E-state index < -0.39 is 0 Å². The molecule has 0 aliphatic heterocycles. The minimum absolute atomic E-state index is 1.03. The molecule has 0 bridgehead atoms. The lowest BCUT2D eigenvalue weighted by atomic mass is 10.2. The van der Waals surface area contributed by atoms with Gasteiger partial charge in [-0.2, -0.15) is 0 Å². The summed E-state index contributed by atoms with van der Waals surface area (Å²) in [6.07, 6.45) is 1.15. The first-order valence-electron chi connectivity index (χ1n) is 4.24. The Morgan fingerprint density at radius 2 is 2.17 bits per heavy atom. The highest BCUT2D eigenvalue weighted by Gasteiger charge is 1.99. The smallest absolute Gasteiger partial charge is 0.0487 e. The summed E-state index contributed by atoms with van der Waals surface area (Å²) in [6.45, 7) is 5.29. The molecule has 0 amide bonds.